The fourth-order valence-corrected chi connectivity index (χ4v) is 3.48. The summed E-state index contributed by atoms with van der Waals surface area (Å²) in [6.45, 7) is 5.66. The van der Waals surface area contributed by atoms with Crippen LogP contribution in [0.4, 0.5) is 17.1 Å². The summed E-state index contributed by atoms with van der Waals surface area (Å²) in [7, 11) is 0. The van der Waals surface area contributed by atoms with Gasteiger partial charge in [0.15, 0.2) is 5.75 Å². The van der Waals surface area contributed by atoms with Gasteiger partial charge in [0.2, 0.25) is 0 Å². The third-order valence-corrected chi connectivity index (χ3v) is 5.42. The number of anilines is 1. The molecule has 0 aliphatic carbocycles. The minimum Gasteiger partial charge on any atom is -0.506 e. The van der Waals surface area contributed by atoms with Crippen molar-refractivity contribution in [2.75, 3.05) is 5.32 Å². The first-order valence-corrected chi connectivity index (χ1v) is 10.2. The van der Waals surface area contributed by atoms with E-state index in [1.165, 1.54) is 0 Å². The molecule has 4 aromatic carbocycles. The van der Waals surface area contributed by atoms with Crippen LogP contribution in [0.15, 0.2) is 77.0 Å². The van der Waals surface area contributed by atoms with Gasteiger partial charge < -0.3 is 15.5 Å². The van der Waals surface area contributed by atoms with Crippen molar-refractivity contribution >= 4 is 33.7 Å². The number of nitrogens with one attached hydrogen (secondary N) is 1. The number of phenols is 2. The summed E-state index contributed by atoms with van der Waals surface area (Å²) in [5.41, 5.74) is 4.52. The number of phenolic OH excluding ortho intramolecular Hbond substituents is 2. The van der Waals surface area contributed by atoms with Crippen LogP contribution < -0.4 is 5.32 Å². The molecule has 0 saturated carbocycles. The van der Waals surface area contributed by atoms with Gasteiger partial charge in [-0.05, 0) is 91.4 Å². The van der Waals surface area contributed by atoms with Gasteiger partial charge in [0.25, 0.3) is 5.91 Å². The van der Waals surface area contributed by atoms with Crippen LogP contribution in [0.25, 0.3) is 10.8 Å². The van der Waals surface area contributed by atoms with Crippen molar-refractivity contribution in [3.63, 3.8) is 0 Å². The van der Waals surface area contributed by atoms with Gasteiger partial charge in [-0.3, -0.25) is 4.79 Å². The van der Waals surface area contributed by atoms with Gasteiger partial charge in [0.05, 0.1) is 0 Å². The summed E-state index contributed by atoms with van der Waals surface area (Å²) in [6.07, 6.45) is 0. The van der Waals surface area contributed by atoms with Gasteiger partial charge in [-0.1, -0.05) is 18.2 Å². The molecular formula is C26H23CuN3O3. The van der Waals surface area contributed by atoms with E-state index in [0.717, 1.165) is 16.5 Å². The van der Waals surface area contributed by atoms with Crippen LogP contribution in [0, 0.1) is 20.8 Å². The zero-order chi connectivity index (χ0) is 22.8. The minimum absolute atomic E-state index is 0. The van der Waals surface area contributed by atoms with Gasteiger partial charge in [0, 0.05) is 33.7 Å². The van der Waals surface area contributed by atoms with Gasteiger partial charge in [-0.25, -0.2) is 0 Å². The van der Waals surface area contributed by atoms with Crippen molar-refractivity contribution < 1.29 is 32.1 Å². The SMILES string of the molecule is Cc1cc(O)c(N=Nc2c(C)cc3cc(NC(=O)c4ccccc4)ccc3c2O)cc1C.[Cu]. The maximum absolute atomic E-state index is 12.4. The van der Waals surface area contributed by atoms with Crippen LogP contribution in [0.2, 0.25) is 0 Å². The van der Waals surface area contributed by atoms with Gasteiger partial charge in [-0.2, -0.15) is 0 Å². The molecule has 0 heterocycles. The van der Waals surface area contributed by atoms with Crippen molar-refractivity contribution in [1.29, 1.82) is 0 Å². The van der Waals surface area contributed by atoms with Crippen molar-refractivity contribution in [2.24, 2.45) is 10.2 Å². The Morgan fingerprint density at radius 3 is 2.24 bits per heavy atom. The maximum Gasteiger partial charge on any atom is 0.255 e. The Morgan fingerprint density at radius 1 is 0.818 bits per heavy atom. The second-order valence-electron chi connectivity index (χ2n) is 7.77. The fourth-order valence-electron chi connectivity index (χ4n) is 3.48. The number of azo groups is 1. The fraction of sp³-hybridized carbons (Fsp3) is 0.115. The monoisotopic (exact) mass is 488 g/mol. The Balaban J connectivity index is 0.00000306. The van der Waals surface area contributed by atoms with Crippen molar-refractivity contribution in [1.82, 2.24) is 0 Å². The van der Waals surface area contributed by atoms with Crippen molar-refractivity contribution in [3.8, 4) is 11.5 Å². The van der Waals surface area contributed by atoms with Crippen LogP contribution in [0.3, 0.4) is 0 Å². The van der Waals surface area contributed by atoms with Crippen LogP contribution in [0.1, 0.15) is 27.0 Å². The minimum atomic E-state index is -0.204. The van der Waals surface area contributed by atoms with Gasteiger partial charge in [0.1, 0.15) is 17.1 Å². The molecule has 7 heteroatoms. The van der Waals surface area contributed by atoms with E-state index in [9.17, 15) is 15.0 Å². The number of amides is 1. The molecule has 0 aliphatic heterocycles. The number of benzene rings is 4. The molecule has 171 valence electrons. The number of carbonyl (C=O) groups is 1. The predicted octanol–water partition coefficient (Wildman–Crippen LogP) is 6.84. The molecule has 0 aromatic heterocycles. The number of carbonyl (C=O) groups excluding carboxylic acids is 1. The molecule has 0 atom stereocenters. The molecule has 33 heavy (non-hydrogen) atoms. The zero-order valence-corrected chi connectivity index (χ0v) is 19.3. The first kappa shape index (κ1) is 24.0. The molecule has 0 aliphatic rings. The first-order valence-electron chi connectivity index (χ1n) is 10.2. The largest absolute Gasteiger partial charge is 0.506 e. The quantitative estimate of drug-likeness (QED) is 0.217. The van der Waals surface area contributed by atoms with Crippen LogP contribution in [-0.4, -0.2) is 16.1 Å². The summed E-state index contributed by atoms with van der Waals surface area (Å²) < 4.78 is 0. The molecule has 4 aromatic rings. The first-order chi connectivity index (χ1) is 15.3. The average Bonchev–Trinajstić information content (AvgIpc) is 2.77. The Labute approximate surface area is 202 Å². The number of hydrogen-bond donors (Lipinski definition) is 3. The summed E-state index contributed by atoms with van der Waals surface area (Å²) in [4.78, 5) is 12.4. The number of aryl methyl sites for hydroxylation is 3. The number of rotatable bonds is 4. The molecule has 0 unspecified atom stereocenters. The molecule has 3 N–H and O–H groups in total. The second kappa shape index (κ2) is 9.86. The topological polar surface area (TPSA) is 94.3 Å². The van der Waals surface area contributed by atoms with E-state index >= 15 is 0 Å². The van der Waals surface area contributed by atoms with Gasteiger partial charge in [-0.15, -0.1) is 10.2 Å². The van der Waals surface area contributed by atoms with E-state index in [-0.39, 0.29) is 34.5 Å². The summed E-state index contributed by atoms with van der Waals surface area (Å²) in [6, 6.07) is 19.5. The van der Waals surface area contributed by atoms with E-state index in [4.69, 9.17) is 0 Å². The maximum atomic E-state index is 12.4. The van der Waals surface area contributed by atoms with Crippen molar-refractivity contribution in [2.45, 2.75) is 20.8 Å². The zero-order valence-electron chi connectivity index (χ0n) is 18.3. The normalized spacial score (nSPS) is 10.9. The number of fused-ring (bicyclic) bond motifs is 1. The Bertz CT molecular complexity index is 1370. The summed E-state index contributed by atoms with van der Waals surface area (Å²) in [5.74, 6) is -0.175. The molecule has 6 nitrogen and oxygen atoms in total. The van der Waals surface area contributed by atoms with E-state index in [0.29, 0.717) is 33.6 Å². The van der Waals surface area contributed by atoms with Crippen LogP contribution in [0.5, 0.6) is 11.5 Å². The second-order valence-corrected chi connectivity index (χ2v) is 7.77. The molecule has 0 bridgehead atoms. The molecule has 1 amide bonds. The molecule has 0 saturated heterocycles. The van der Waals surface area contributed by atoms with Crippen LogP contribution >= 0.6 is 0 Å². The third-order valence-electron chi connectivity index (χ3n) is 5.42. The Morgan fingerprint density at radius 2 is 1.52 bits per heavy atom. The third kappa shape index (κ3) is 5.06. The van der Waals surface area contributed by atoms with E-state index in [1.807, 2.05) is 45.0 Å². The molecule has 0 spiro atoms. The smallest absolute Gasteiger partial charge is 0.255 e. The Hall–Kier alpha value is -3.67. The van der Waals surface area contributed by atoms with Crippen molar-refractivity contribution in [3.05, 3.63) is 89.0 Å². The standard InChI is InChI=1S/C26H23N3O3.Cu/c1-15-12-22(23(30)13-16(15)2)28-29-24-17(3)11-19-14-20(9-10-21(19)25(24)31)27-26(32)18-7-5-4-6-8-18;/h4-14,30-31H,1-3H3,(H,27,32);. The number of nitrogens with zero attached hydrogens (tertiary/aromatic N) is 2. The Kier molecular flexibility index (Phi) is 7.16. The van der Waals surface area contributed by atoms with E-state index in [1.54, 1.807) is 42.5 Å². The van der Waals surface area contributed by atoms with E-state index < -0.39 is 0 Å². The molecule has 0 fully saturated rings. The van der Waals surface area contributed by atoms with Crippen LogP contribution in [-0.2, 0) is 17.1 Å². The summed E-state index contributed by atoms with van der Waals surface area (Å²) in [5, 5.41) is 33.6. The number of aromatic hydroxyl groups is 2. The molecular weight excluding hydrogens is 466 g/mol. The molecule has 4 rings (SSSR count). The summed E-state index contributed by atoms with van der Waals surface area (Å²) >= 11 is 0. The molecule has 1 radical (unpaired) electrons. The van der Waals surface area contributed by atoms with E-state index in [2.05, 4.69) is 15.5 Å². The van der Waals surface area contributed by atoms with Gasteiger partial charge >= 0.3 is 0 Å². The number of hydrogen-bond acceptors (Lipinski definition) is 5. The predicted molar refractivity (Wildman–Crippen MR) is 127 cm³/mol. The average molecular weight is 489 g/mol.